The van der Waals surface area contributed by atoms with Crippen LogP contribution in [0, 0.1) is 0 Å². The number of carboxylic acids is 1. The number of aromatic nitrogens is 2. The van der Waals surface area contributed by atoms with Gasteiger partial charge >= 0.3 is 16.2 Å². The van der Waals surface area contributed by atoms with Gasteiger partial charge in [0.2, 0.25) is 0 Å². The summed E-state index contributed by atoms with van der Waals surface area (Å²) in [6.07, 6.45) is 1.92. The SMILES string of the molecule is CCc1cn[nH]c1NS(=O)(=O)N(C)CCC(=O)O. The van der Waals surface area contributed by atoms with Gasteiger partial charge < -0.3 is 5.11 Å². The van der Waals surface area contributed by atoms with E-state index in [4.69, 9.17) is 5.11 Å². The number of nitrogens with one attached hydrogen (secondary N) is 2. The third-order valence-corrected chi connectivity index (χ3v) is 3.85. The van der Waals surface area contributed by atoms with E-state index in [0.717, 1.165) is 9.87 Å². The highest BCUT2D eigenvalue weighted by atomic mass is 32.2. The lowest BCUT2D eigenvalue weighted by Crippen LogP contribution is -2.34. The zero-order valence-electron chi connectivity index (χ0n) is 10.2. The molecule has 0 unspecified atom stereocenters. The van der Waals surface area contributed by atoms with Crippen LogP contribution in [0.15, 0.2) is 6.20 Å². The molecule has 0 atom stereocenters. The molecular weight excluding hydrogens is 260 g/mol. The normalized spacial score (nSPS) is 11.7. The Balaban J connectivity index is 2.72. The van der Waals surface area contributed by atoms with Crippen LogP contribution in [0.1, 0.15) is 18.9 Å². The van der Waals surface area contributed by atoms with Gasteiger partial charge in [-0.2, -0.15) is 17.8 Å². The van der Waals surface area contributed by atoms with Crippen LogP contribution in [0.3, 0.4) is 0 Å². The first-order chi connectivity index (χ1) is 8.36. The number of nitrogens with zero attached hydrogens (tertiary/aromatic N) is 2. The molecule has 0 aliphatic rings. The molecule has 1 aromatic rings. The van der Waals surface area contributed by atoms with Crippen molar-refractivity contribution >= 4 is 22.0 Å². The third kappa shape index (κ3) is 3.70. The highest BCUT2D eigenvalue weighted by Gasteiger charge is 2.20. The minimum absolute atomic E-state index is 0.0970. The zero-order chi connectivity index (χ0) is 13.8. The predicted octanol–water partition coefficient (Wildman–Crippen LogP) is 0.0353. The molecule has 1 rings (SSSR count). The van der Waals surface area contributed by atoms with E-state index in [1.54, 1.807) is 0 Å². The van der Waals surface area contributed by atoms with Gasteiger partial charge in [-0.15, -0.1) is 0 Å². The van der Waals surface area contributed by atoms with E-state index in [-0.39, 0.29) is 13.0 Å². The number of anilines is 1. The second-order valence-electron chi connectivity index (χ2n) is 3.70. The van der Waals surface area contributed by atoms with Crippen LogP contribution in [-0.2, 0) is 21.4 Å². The van der Waals surface area contributed by atoms with Crippen molar-refractivity contribution < 1.29 is 18.3 Å². The van der Waals surface area contributed by atoms with Crippen molar-refractivity contribution in [1.82, 2.24) is 14.5 Å². The van der Waals surface area contributed by atoms with Crippen molar-refractivity contribution in [3.63, 3.8) is 0 Å². The minimum atomic E-state index is -3.76. The van der Waals surface area contributed by atoms with Gasteiger partial charge in [0, 0.05) is 19.2 Å². The molecule has 1 heterocycles. The molecule has 0 aliphatic carbocycles. The Labute approximate surface area is 105 Å². The lowest BCUT2D eigenvalue weighted by molar-refractivity contribution is -0.137. The van der Waals surface area contributed by atoms with E-state index in [0.29, 0.717) is 12.2 Å². The molecule has 102 valence electrons. The van der Waals surface area contributed by atoms with Gasteiger partial charge in [-0.05, 0) is 6.42 Å². The van der Waals surface area contributed by atoms with E-state index in [9.17, 15) is 13.2 Å². The number of rotatable bonds is 7. The van der Waals surface area contributed by atoms with Crippen LogP contribution >= 0.6 is 0 Å². The van der Waals surface area contributed by atoms with Crippen LogP contribution in [0.5, 0.6) is 0 Å². The first kappa shape index (κ1) is 14.5. The van der Waals surface area contributed by atoms with Crippen molar-refractivity contribution in [2.75, 3.05) is 18.3 Å². The van der Waals surface area contributed by atoms with Crippen LogP contribution in [0.2, 0.25) is 0 Å². The number of aliphatic carboxylic acids is 1. The Morgan fingerprint density at radius 1 is 1.61 bits per heavy atom. The topological polar surface area (TPSA) is 115 Å². The Hall–Kier alpha value is -1.61. The molecule has 0 fully saturated rings. The van der Waals surface area contributed by atoms with E-state index in [1.807, 2.05) is 6.92 Å². The number of aromatic amines is 1. The van der Waals surface area contributed by atoms with E-state index >= 15 is 0 Å². The Morgan fingerprint density at radius 2 is 2.28 bits per heavy atom. The number of carboxylic acid groups (broad SMARTS) is 1. The van der Waals surface area contributed by atoms with Gasteiger partial charge in [0.05, 0.1) is 12.6 Å². The largest absolute Gasteiger partial charge is 0.481 e. The van der Waals surface area contributed by atoms with Crippen LogP contribution in [-0.4, -0.2) is 47.6 Å². The summed E-state index contributed by atoms with van der Waals surface area (Å²) in [6.45, 7) is 1.77. The minimum Gasteiger partial charge on any atom is -0.481 e. The van der Waals surface area contributed by atoms with E-state index in [1.165, 1.54) is 13.2 Å². The molecule has 0 bridgehead atoms. The maximum absolute atomic E-state index is 11.9. The predicted molar refractivity (Wildman–Crippen MR) is 65.4 cm³/mol. The lowest BCUT2D eigenvalue weighted by Gasteiger charge is -2.17. The van der Waals surface area contributed by atoms with Gasteiger partial charge in [0.25, 0.3) is 0 Å². The molecular formula is C9H16N4O4S. The monoisotopic (exact) mass is 276 g/mol. The second-order valence-corrected chi connectivity index (χ2v) is 5.47. The van der Waals surface area contributed by atoms with E-state index < -0.39 is 16.2 Å². The standard InChI is InChI=1S/C9H16N4O4S/c1-3-7-6-10-11-9(7)12-18(16,17)13(2)5-4-8(14)15/h6H,3-5H2,1-2H3,(H,14,15)(H2,10,11,12). The van der Waals surface area contributed by atoms with Crippen LogP contribution in [0.4, 0.5) is 5.82 Å². The second kappa shape index (κ2) is 5.83. The van der Waals surface area contributed by atoms with Crippen LogP contribution in [0.25, 0.3) is 0 Å². The fraction of sp³-hybridized carbons (Fsp3) is 0.556. The van der Waals surface area contributed by atoms with Crippen molar-refractivity contribution in [2.45, 2.75) is 19.8 Å². The van der Waals surface area contributed by atoms with E-state index in [2.05, 4.69) is 14.9 Å². The summed E-state index contributed by atoms with van der Waals surface area (Å²) in [5.74, 6) is -0.743. The molecule has 0 aromatic carbocycles. The average Bonchev–Trinajstić information content (AvgIpc) is 2.72. The van der Waals surface area contributed by atoms with Crippen molar-refractivity contribution in [3.8, 4) is 0 Å². The van der Waals surface area contributed by atoms with Gasteiger partial charge in [0.15, 0.2) is 0 Å². The molecule has 0 saturated carbocycles. The summed E-state index contributed by atoms with van der Waals surface area (Å²) in [7, 11) is -2.45. The zero-order valence-corrected chi connectivity index (χ0v) is 11.0. The average molecular weight is 276 g/mol. The fourth-order valence-corrected chi connectivity index (χ4v) is 2.17. The molecule has 0 aliphatic heterocycles. The summed E-state index contributed by atoms with van der Waals surface area (Å²) in [6, 6.07) is 0. The Kier molecular flexibility index (Phi) is 4.68. The number of hydrogen-bond donors (Lipinski definition) is 3. The highest BCUT2D eigenvalue weighted by Crippen LogP contribution is 2.14. The molecule has 0 amide bonds. The van der Waals surface area contributed by atoms with Gasteiger partial charge in [-0.25, -0.2) is 0 Å². The number of hydrogen-bond acceptors (Lipinski definition) is 4. The van der Waals surface area contributed by atoms with Gasteiger partial charge in [-0.1, -0.05) is 6.92 Å². The summed E-state index contributed by atoms with van der Waals surface area (Å²) >= 11 is 0. The molecule has 8 nitrogen and oxygen atoms in total. The highest BCUT2D eigenvalue weighted by molar-refractivity contribution is 7.90. The smallest absolute Gasteiger partial charge is 0.304 e. The Morgan fingerprint density at radius 3 is 2.83 bits per heavy atom. The number of H-pyrrole nitrogens is 1. The summed E-state index contributed by atoms with van der Waals surface area (Å²) < 4.78 is 27.0. The molecule has 9 heteroatoms. The van der Waals surface area contributed by atoms with Crippen LogP contribution < -0.4 is 4.72 Å². The first-order valence-corrected chi connectivity index (χ1v) is 6.79. The maximum Gasteiger partial charge on any atom is 0.304 e. The summed E-state index contributed by atoms with van der Waals surface area (Å²) in [5.41, 5.74) is 0.741. The lowest BCUT2D eigenvalue weighted by atomic mass is 10.3. The third-order valence-electron chi connectivity index (χ3n) is 2.38. The Bertz CT molecular complexity index is 510. The quantitative estimate of drug-likeness (QED) is 0.650. The van der Waals surface area contributed by atoms with Crippen molar-refractivity contribution in [3.05, 3.63) is 11.8 Å². The first-order valence-electron chi connectivity index (χ1n) is 5.35. The summed E-state index contributed by atoms with van der Waals surface area (Å²) in [4.78, 5) is 10.4. The molecule has 18 heavy (non-hydrogen) atoms. The van der Waals surface area contributed by atoms with Crippen molar-refractivity contribution in [2.24, 2.45) is 0 Å². The van der Waals surface area contributed by atoms with Gasteiger partial charge in [-0.3, -0.25) is 14.6 Å². The van der Waals surface area contributed by atoms with Crippen molar-refractivity contribution in [1.29, 1.82) is 0 Å². The molecule has 0 saturated heterocycles. The maximum atomic E-state index is 11.9. The van der Waals surface area contributed by atoms with Gasteiger partial charge in [0.1, 0.15) is 5.82 Å². The molecule has 1 aromatic heterocycles. The number of carbonyl (C=O) groups is 1. The molecule has 0 radical (unpaired) electrons. The number of aryl methyl sites for hydroxylation is 1. The summed E-state index contributed by atoms with van der Waals surface area (Å²) in [5, 5.41) is 14.8. The molecule has 0 spiro atoms. The molecule has 3 N–H and O–H groups in total. The fourth-order valence-electron chi connectivity index (χ4n) is 1.25.